The maximum absolute atomic E-state index is 5.90. The number of hydrogen-bond donors (Lipinski definition) is 1. The molecule has 2 N–H and O–H groups in total. The van der Waals surface area contributed by atoms with Crippen LogP contribution in [0.4, 0.5) is 5.00 Å². The number of halogens is 1. The Morgan fingerprint density at radius 3 is 2.86 bits per heavy atom. The van der Waals surface area contributed by atoms with E-state index in [1.807, 2.05) is 6.07 Å². The van der Waals surface area contributed by atoms with Crippen molar-refractivity contribution < 1.29 is 0 Å². The van der Waals surface area contributed by atoms with E-state index in [0.29, 0.717) is 5.88 Å². The Labute approximate surface area is 96.2 Å². The standard InChI is InChI=1S/C10H10ClNS2/c1-13-7-2-6(5-11)8-4-10(12)14-9(8)3-7/h2-4H,5,12H2,1H3. The van der Waals surface area contributed by atoms with Gasteiger partial charge in [0.05, 0.1) is 5.00 Å². The van der Waals surface area contributed by atoms with Gasteiger partial charge in [-0.05, 0) is 35.4 Å². The zero-order valence-corrected chi connectivity index (χ0v) is 10.1. The van der Waals surface area contributed by atoms with Crippen LogP contribution in [0.5, 0.6) is 0 Å². The van der Waals surface area contributed by atoms with Gasteiger partial charge in [0.1, 0.15) is 0 Å². The monoisotopic (exact) mass is 243 g/mol. The second-order valence-electron chi connectivity index (χ2n) is 2.98. The van der Waals surface area contributed by atoms with E-state index in [1.54, 1.807) is 23.1 Å². The summed E-state index contributed by atoms with van der Waals surface area (Å²) in [7, 11) is 0. The van der Waals surface area contributed by atoms with E-state index < -0.39 is 0 Å². The number of alkyl halides is 1. The van der Waals surface area contributed by atoms with E-state index in [0.717, 1.165) is 5.00 Å². The first-order valence-electron chi connectivity index (χ1n) is 4.16. The zero-order valence-electron chi connectivity index (χ0n) is 7.71. The number of hydrogen-bond acceptors (Lipinski definition) is 3. The van der Waals surface area contributed by atoms with Gasteiger partial charge in [-0.1, -0.05) is 0 Å². The van der Waals surface area contributed by atoms with Crippen LogP contribution in [0.25, 0.3) is 10.1 Å². The molecule has 0 amide bonds. The Kier molecular flexibility index (Phi) is 2.91. The highest BCUT2D eigenvalue weighted by Crippen LogP contribution is 2.34. The lowest BCUT2D eigenvalue weighted by molar-refractivity contribution is 1.38. The maximum atomic E-state index is 5.90. The van der Waals surface area contributed by atoms with Crippen molar-refractivity contribution in [3.05, 3.63) is 23.8 Å². The fourth-order valence-corrected chi connectivity index (χ4v) is 3.14. The normalized spacial score (nSPS) is 11.0. The third-order valence-corrected chi connectivity index (χ3v) is 4.00. The zero-order chi connectivity index (χ0) is 10.1. The second kappa shape index (κ2) is 4.01. The van der Waals surface area contributed by atoms with Gasteiger partial charge in [0, 0.05) is 15.5 Å². The third kappa shape index (κ3) is 1.72. The van der Waals surface area contributed by atoms with Crippen molar-refractivity contribution >= 4 is 49.8 Å². The first-order valence-corrected chi connectivity index (χ1v) is 6.74. The molecule has 4 heteroatoms. The Hall–Kier alpha value is -0.380. The van der Waals surface area contributed by atoms with Crippen LogP contribution in [0, 0.1) is 0 Å². The number of anilines is 1. The maximum Gasteiger partial charge on any atom is 0.0868 e. The molecule has 0 aliphatic rings. The van der Waals surface area contributed by atoms with Crippen LogP contribution in [0.15, 0.2) is 23.1 Å². The van der Waals surface area contributed by atoms with E-state index in [1.165, 1.54) is 20.5 Å². The van der Waals surface area contributed by atoms with Crippen molar-refractivity contribution in [1.82, 2.24) is 0 Å². The average Bonchev–Trinajstić information content (AvgIpc) is 2.56. The van der Waals surface area contributed by atoms with Gasteiger partial charge in [-0.2, -0.15) is 0 Å². The van der Waals surface area contributed by atoms with Crippen LogP contribution in [-0.2, 0) is 5.88 Å². The fraction of sp³-hybridized carbons (Fsp3) is 0.200. The molecule has 0 atom stereocenters. The van der Waals surface area contributed by atoms with Crippen molar-refractivity contribution in [1.29, 1.82) is 0 Å². The SMILES string of the molecule is CSc1cc(CCl)c2cc(N)sc2c1. The number of nitrogens with two attached hydrogens (primary N) is 1. The van der Waals surface area contributed by atoms with Gasteiger partial charge in [0.2, 0.25) is 0 Å². The Morgan fingerprint density at radius 2 is 2.21 bits per heavy atom. The minimum atomic E-state index is 0.543. The van der Waals surface area contributed by atoms with Crippen molar-refractivity contribution in [2.45, 2.75) is 10.8 Å². The molecule has 0 bridgehead atoms. The lowest BCUT2D eigenvalue weighted by atomic mass is 10.1. The molecule has 74 valence electrons. The molecule has 0 aliphatic heterocycles. The van der Waals surface area contributed by atoms with Crippen LogP contribution in [-0.4, -0.2) is 6.26 Å². The summed E-state index contributed by atoms with van der Waals surface area (Å²) < 4.78 is 1.23. The van der Waals surface area contributed by atoms with E-state index in [4.69, 9.17) is 17.3 Å². The van der Waals surface area contributed by atoms with Gasteiger partial charge < -0.3 is 5.73 Å². The van der Waals surface area contributed by atoms with Gasteiger partial charge in [0.15, 0.2) is 0 Å². The van der Waals surface area contributed by atoms with E-state index >= 15 is 0 Å². The molecule has 1 heterocycles. The molecule has 1 nitrogen and oxygen atoms in total. The lowest BCUT2D eigenvalue weighted by Crippen LogP contribution is -1.80. The number of rotatable bonds is 2. The topological polar surface area (TPSA) is 26.0 Å². The van der Waals surface area contributed by atoms with Crippen molar-refractivity contribution in [2.24, 2.45) is 0 Å². The summed E-state index contributed by atoms with van der Waals surface area (Å²) in [6, 6.07) is 6.30. The van der Waals surface area contributed by atoms with Crippen LogP contribution < -0.4 is 5.73 Å². The van der Waals surface area contributed by atoms with Gasteiger partial charge in [0.25, 0.3) is 0 Å². The summed E-state index contributed by atoms with van der Waals surface area (Å²) in [4.78, 5) is 1.25. The molecule has 2 rings (SSSR count). The van der Waals surface area contributed by atoms with Crippen LogP contribution in [0.3, 0.4) is 0 Å². The minimum absolute atomic E-state index is 0.543. The lowest BCUT2D eigenvalue weighted by Gasteiger charge is -2.01. The third-order valence-electron chi connectivity index (χ3n) is 2.10. The van der Waals surface area contributed by atoms with Crippen LogP contribution in [0.1, 0.15) is 5.56 Å². The van der Waals surface area contributed by atoms with Crippen molar-refractivity contribution in [2.75, 3.05) is 12.0 Å². The molecule has 2 aromatic rings. The van der Waals surface area contributed by atoms with Crippen LogP contribution in [0.2, 0.25) is 0 Å². The Balaban J connectivity index is 2.72. The Morgan fingerprint density at radius 1 is 1.43 bits per heavy atom. The molecule has 14 heavy (non-hydrogen) atoms. The predicted molar refractivity (Wildman–Crippen MR) is 67.6 cm³/mol. The highest BCUT2D eigenvalue weighted by Gasteiger charge is 2.06. The Bertz CT molecular complexity index is 464. The van der Waals surface area contributed by atoms with Gasteiger partial charge in [-0.3, -0.25) is 0 Å². The first kappa shape index (κ1) is 10.1. The molecule has 0 saturated carbocycles. The number of thioether (sulfide) groups is 1. The molecule has 0 saturated heterocycles. The number of thiophene rings is 1. The van der Waals surface area contributed by atoms with E-state index in [9.17, 15) is 0 Å². The molecule has 1 aromatic carbocycles. The van der Waals surface area contributed by atoms with E-state index in [2.05, 4.69) is 18.4 Å². The second-order valence-corrected chi connectivity index (χ2v) is 5.24. The van der Waals surface area contributed by atoms with E-state index in [-0.39, 0.29) is 0 Å². The summed E-state index contributed by atoms with van der Waals surface area (Å²) in [5.74, 6) is 0.543. The molecule has 1 aromatic heterocycles. The van der Waals surface area contributed by atoms with Crippen molar-refractivity contribution in [3.8, 4) is 0 Å². The van der Waals surface area contributed by atoms with Crippen molar-refractivity contribution in [3.63, 3.8) is 0 Å². The molecule has 0 unspecified atom stereocenters. The van der Waals surface area contributed by atoms with Crippen LogP contribution >= 0.6 is 34.7 Å². The quantitative estimate of drug-likeness (QED) is 0.639. The fourth-order valence-electron chi connectivity index (χ4n) is 1.43. The summed E-state index contributed by atoms with van der Waals surface area (Å²) in [5.41, 5.74) is 6.94. The molecule has 0 fully saturated rings. The average molecular weight is 244 g/mol. The summed E-state index contributed by atoms with van der Waals surface area (Å²) in [6.45, 7) is 0. The highest BCUT2D eigenvalue weighted by atomic mass is 35.5. The predicted octanol–water partition coefficient (Wildman–Crippen LogP) is 3.94. The van der Waals surface area contributed by atoms with Gasteiger partial charge >= 0.3 is 0 Å². The smallest absolute Gasteiger partial charge is 0.0868 e. The minimum Gasteiger partial charge on any atom is -0.391 e. The first-order chi connectivity index (χ1) is 6.74. The molecule has 0 aliphatic carbocycles. The van der Waals surface area contributed by atoms with Gasteiger partial charge in [-0.25, -0.2) is 0 Å². The summed E-state index contributed by atoms with van der Waals surface area (Å²) in [5, 5.41) is 2.05. The largest absolute Gasteiger partial charge is 0.391 e. The van der Waals surface area contributed by atoms with Gasteiger partial charge in [-0.15, -0.1) is 34.7 Å². The molecular weight excluding hydrogens is 234 g/mol. The summed E-state index contributed by atoms with van der Waals surface area (Å²) in [6.07, 6.45) is 2.07. The highest BCUT2D eigenvalue weighted by molar-refractivity contribution is 7.98. The molecule has 0 radical (unpaired) electrons. The molecule has 0 spiro atoms. The number of nitrogen functional groups attached to an aromatic ring is 1. The number of benzene rings is 1. The molecular formula is C10H10ClNS2. The summed E-state index contributed by atoms with van der Waals surface area (Å²) >= 11 is 9.25. The number of fused-ring (bicyclic) bond motifs is 1.